The van der Waals surface area contributed by atoms with Crippen molar-refractivity contribution in [3.05, 3.63) is 40.9 Å². The molecule has 0 unspecified atom stereocenters. The van der Waals surface area contributed by atoms with Crippen LogP contribution in [0.15, 0.2) is 18.5 Å². The van der Waals surface area contributed by atoms with Crippen LogP contribution in [0.5, 0.6) is 5.75 Å². The molecule has 3 aromatic rings. The number of rotatable bonds is 3. The van der Waals surface area contributed by atoms with Crippen molar-refractivity contribution in [3.8, 4) is 16.9 Å². The van der Waals surface area contributed by atoms with Gasteiger partial charge in [-0.2, -0.15) is 15.1 Å². The molecule has 2 aromatic heterocycles. The summed E-state index contributed by atoms with van der Waals surface area (Å²) >= 11 is 6.45. The molecule has 1 aliphatic carbocycles. The molecule has 0 aliphatic heterocycles. The van der Waals surface area contributed by atoms with Crippen molar-refractivity contribution >= 4 is 17.4 Å². The van der Waals surface area contributed by atoms with Gasteiger partial charge in [0, 0.05) is 23.6 Å². The molecule has 1 aliphatic rings. The lowest BCUT2D eigenvalue weighted by Gasteiger charge is -2.24. The van der Waals surface area contributed by atoms with E-state index in [1.807, 2.05) is 0 Å². The molecule has 1 fully saturated rings. The van der Waals surface area contributed by atoms with Gasteiger partial charge < -0.3 is 4.74 Å². The second-order valence-electron chi connectivity index (χ2n) is 7.14. The molecule has 8 heteroatoms. The summed E-state index contributed by atoms with van der Waals surface area (Å²) in [6.07, 6.45) is 8.81. The fraction of sp³-hybridized carbons (Fsp3) is 0.450. The zero-order valence-corrected chi connectivity index (χ0v) is 16.3. The Balaban J connectivity index is 1.97. The number of halogens is 3. The quantitative estimate of drug-likeness (QED) is 0.534. The summed E-state index contributed by atoms with van der Waals surface area (Å²) in [6.45, 7) is 0. The van der Waals surface area contributed by atoms with E-state index >= 15 is 0 Å². The zero-order valence-electron chi connectivity index (χ0n) is 15.6. The average Bonchev–Trinajstić information content (AvgIpc) is 3.09. The Morgan fingerprint density at radius 2 is 1.68 bits per heavy atom. The van der Waals surface area contributed by atoms with Gasteiger partial charge >= 0.3 is 0 Å². The molecule has 0 spiro atoms. The average molecular weight is 407 g/mol. The monoisotopic (exact) mass is 406 g/mol. The van der Waals surface area contributed by atoms with Crippen molar-refractivity contribution in [1.29, 1.82) is 0 Å². The van der Waals surface area contributed by atoms with Crippen molar-refractivity contribution in [2.75, 3.05) is 7.11 Å². The Bertz CT molecular complexity index is 976. The van der Waals surface area contributed by atoms with Gasteiger partial charge in [-0.1, -0.05) is 43.7 Å². The molecule has 1 saturated carbocycles. The first-order chi connectivity index (χ1) is 13.6. The minimum atomic E-state index is -0.743. The predicted octanol–water partition coefficient (Wildman–Crippen LogP) is 5.56. The van der Waals surface area contributed by atoms with Gasteiger partial charge in [-0.25, -0.2) is 13.3 Å². The van der Waals surface area contributed by atoms with Crippen LogP contribution in [0.3, 0.4) is 0 Å². The SMILES string of the molecule is COc1cc(F)c(-c2c(Cl)nc3ncnn3c2C2CCCCCCC2)c(F)c1. The van der Waals surface area contributed by atoms with E-state index in [0.717, 1.165) is 50.7 Å². The lowest BCUT2D eigenvalue weighted by Crippen LogP contribution is -2.13. The summed E-state index contributed by atoms with van der Waals surface area (Å²) in [6, 6.07) is 2.31. The van der Waals surface area contributed by atoms with Crippen molar-refractivity contribution < 1.29 is 13.5 Å². The number of hydrogen-bond acceptors (Lipinski definition) is 4. The highest BCUT2D eigenvalue weighted by atomic mass is 35.5. The Hall–Kier alpha value is -2.28. The van der Waals surface area contributed by atoms with Crippen LogP contribution in [-0.4, -0.2) is 26.7 Å². The van der Waals surface area contributed by atoms with Crippen LogP contribution in [0.1, 0.15) is 56.6 Å². The number of fused-ring (bicyclic) bond motifs is 1. The number of hydrogen-bond donors (Lipinski definition) is 0. The van der Waals surface area contributed by atoms with Gasteiger partial charge in [0.15, 0.2) is 0 Å². The molecule has 0 N–H and O–H groups in total. The van der Waals surface area contributed by atoms with E-state index in [1.165, 1.54) is 19.9 Å². The molecule has 2 heterocycles. The van der Waals surface area contributed by atoms with Gasteiger partial charge in [-0.15, -0.1) is 0 Å². The Morgan fingerprint density at radius 3 is 2.32 bits per heavy atom. The summed E-state index contributed by atoms with van der Waals surface area (Å²) in [5.41, 5.74) is 0.730. The molecule has 5 nitrogen and oxygen atoms in total. The standard InChI is InChI=1S/C20H21ClF2N4O/c1-28-13-9-14(22)16(15(23)10-13)17-18(12-7-5-3-2-4-6-8-12)27-20(24-11-25-27)26-19(17)21/h9-12H,2-8H2,1H3. The molecule has 0 amide bonds. The third-order valence-corrected chi connectivity index (χ3v) is 5.69. The lowest BCUT2D eigenvalue weighted by atomic mass is 9.85. The fourth-order valence-electron chi connectivity index (χ4n) is 4.08. The van der Waals surface area contributed by atoms with E-state index in [-0.39, 0.29) is 27.9 Å². The molecular formula is C20H21ClF2N4O. The van der Waals surface area contributed by atoms with Crippen molar-refractivity contribution in [2.24, 2.45) is 0 Å². The summed E-state index contributed by atoms with van der Waals surface area (Å²) in [5.74, 6) is -0.975. The predicted molar refractivity (Wildman–Crippen MR) is 103 cm³/mol. The maximum atomic E-state index is 14.9. The van der Waals surface area contributed by atoms with Crippen LogP contribution in [0.25, 0.3) is 16.9 Å². The third kappa shape index (κ3) is 3.43. The van der Waals surface area contributed by atoms with Crippen LogP contribution in [0.2, 0.25) is 5.15 Å². The van der Waals surface area contributed by atoms with Gasteiger partial charge in [0.2, 0.25) is 0 Å². The molecule has 0 saturated heterocycles. The van der Waals surface area contributed by atoms with E-state index in [9.17, 15) is 8.78 Å². The van der Waals surface area contributed by atoms with Crippen LogP contribution in [-0.2, 0) is 0 Å². The van der Waals surface area contributed by atoms with Gasteiger partial charge in [0.1, 0.15) is 28.9 Å². The Labute approximate surface area is 166 Å². The Kier molecular flexibility index (Phi) is 5.44. The first-order valence-corrected chi connectivity index (χ1v) is 9.90. The van der Waals surface area contributed by atoms with Crippen LogP contribution >= 0.6 is 11.6 Å². The highest BCUT2D eigenvalue weighted by Crippen LogP contribution is 2.42. The maximum Gasteiger partial charge on any atom is 0.253 e. The lowest BCUT2D eigenvalue weighted by molar-refractivity contribution is 0.407. The van der Waals surface area contributed by atoms with Crippen LogP contribution < -0.4 is 4.74 Å². The summed E-state index contributed by atoms with van der Waals surface area (Å²) in [5, 5.41) is 4.31. The highest BCUT2D eigenvalue weighted by Gasteiger charge is 2.28. The van der Waals surface area contributed by atoms with E-state index in [4.69, 9.17) is 16.3 Å². The van der Waals surface area contributed by atoms with Gasteiger partial charge in [-0.3, -0.25) is 0 Å². The van der Waals surface area contributed by atoms with Gasteiger partial charge in [0.05, 0.1) is 18.4 Å². The van der Waals surface area contributed by atoms with E-state index in [0.29, 0.717) is 11.5 Å². The largest absolute Gasteiger partial charge is 0.497 e. The second-order valence-corrected chi connectivity index (χ2v) is 7.50. The zero-order chi connectivity index (χ0) is 19.7. The number of ether oxygens (including phenoxy) is 1. The molecule has 4 rings (SSSR count). The minimum absolute atomic E-state index is 0.0283. The number of nitrogens with zero attached hydrogens (tertiary/aromatic N) is 4. The van der Waals surface area contributed by atoms with E-state index in [2.05, 4.69) is 15.1 Å². The van der Waals surface area contributed by atoms with Crippen LogP contribution in [0.4, 0.5) is 8.78 Å². The van der Waals surface area contributed by atoms with Gasteiger partial charge in [-0.05, 0) is 12.8 Å². The highest BCUT2D eigenvalue weighted by molar-refractivity contribution is 6.32. The normalized spacial score (nSPS) is 16.1. The number of aromatic nitrogens is 4. The second kappa shape index (κ2) is 7.99. The maximum absolute atomic E-state index is 14.9. The molecule has 0 radical (unpaired) electrons. The number of benzene rings is 1. The molecule has 0 atom stereocenters. The topological polar surface area (TPSA) is 52.3 Å². The van der Waals surface area contributed by atoms with E-state index < -0.39 is 11.6 Å². The first-order valence-electron chi connectivity index (χ1n) is 9.52. The minimum Gasteiger partial charge on any atom is -0.497 e. The van der Waals surface area contributed by atoms with Crippen molar-refractivity contribution in [2.45, 2.75) is 50.9 Å². The van der Waals surface area contributed by atoms with Crippen LogP contribution in [0, 0.1) is 11.6 Å². The van der Waals surface area contributed by atoms with Crippen molar-refractivity contribution in [1.82, 2.24) is 19.6 Å². The Morgan fingerprint density at radius 1 is 1.04 bits per heavy atom. The fourth-order valence-corrected chi connectivity index (χ4v) is 4.35. The summed E-state index contributed by atoms with van der Waals surface area (Å²) < 4.78 is 36.4. The number of methoxy groups -OCH3 is 1. The molecule has 28 heavy (non-hydrogen) atoms. The smallest absolute Gasteiger partial charge is 0.253 e. The first kappa shape index (κ1) is 19.1. The molecule has 1 aromatic carbocycles. The van der Waals surface area contributed by atoms with Crippen molar-refractivity contribution in [3.63, 3.8) is 0 Å². The van der Waals surface area contributed by atoms with Gasteiger partial charge in [0.25, 0.3) is 5.78 Å². The van der Waals surface area contributed by atoms with E-state index in [1.54, 1.807) is 4.52 Å². The third-order valence-electron chi connectivity index (χ3n) is 5.41. The summed E-state index contributed by atoms with van der Waals surface area (Å²) in [4.78, 5) is 8.36. The summed E-state index contributed by atoms with van der Waals surface area (Å²) in [7, 11) is 1.36. The molecular weight excluding hydrogens is 386 g/mol. The molecule has 148 valence electrons. The molecule has 0 bridgehead atoms.